The zero-order chi connectivity index (χ0) is 15.5. The van der Waals surface area contributed by atoms with E-state index < -0.39 is 6.04 Å². The lowest BCUT2D eigenvalue weighted by molar-refractivity contribution is -0.123. The number of aldehydes is 1. The Bertz CT molecular complexity index is 665. The van der Waals surface area contributed by atoms with E-state index in [0.717, 1.165) is 27.5 Å². The van der Waals surface area contributed by atoms with Gasteiger partial charge in [0.15, 0.2) is 0 Å². The molecule has 1 aliphatic heterocycles. The number of amides is 1. The van der Waals surface area contributed by atoms with E-state index in [0.29, 0.717) is 13.0 Å². The lowest BCUT2D eigenvalue weighted by Crippen LogP contribution is -2.41. The summed E-state index contributed by atoms with van der Waals surface area (Å²) >= 11 is 1.72. The van der Waals surface area contributed by atoms with Crippen LogP contribution in [0.2, 0.25) is 0 Å². The van der Waals surface area contributed by atoms with Gasteiger partial charge in [0.05, 0.1) is 17.9 Å². The third kappa shape index (κ3) is 3.35. The summed E-state index contributed by atoms with van der Waals surface area (Å²) in [6.07, 6.45) is 1.51. The molecule has 1 atom stereocenters. The van der Waals surface area contributed by atoms with Gasteiger partial charge in [0.25, 0.3) is 0 Å². The lowest BCUT2D eigenvalue weighted by Gasteiger charge is -2.35. The minimum absolute atomic E-state index is 0. The average molecular weight is 349 g/mol. The molecule has 23 heavy (non-hydrogen) atoms. The molecule has 4 nitrogen and oxygen atoms in total. The monoisotopic (exact) mass is 348 g/mol. The molecule has 0 bridgehead atoms. The fraction of sp³-hybridized carbons (Fsp3) is 0.176. The molecule has 1 amide bonds. The number of carbonyl (C=O) groups is 2. The Morgan fingerprint density at radius 3 is 2.04 bits per heavy atom. The fourth-order valence-corrected chi connectivity index (χ4v) is 3.61. The molecule has 1 heterocycles. The Labute approximate surface area is 145 Å². The van der Waals surface area contributed by atoms with Gasteiger partial charge in [-0.15, -0.1) is 12.4 Å². The standard InChI is InChI=1S/C17H16N2O2S.ClH/c1-18(12-21)13(11-20)10-19-14-6-2-4-8-16(14)22-17-9-5-3-7-15(17)19;/h2-9,11-13H,10H2,1H3;1H. The first-order chi connectivity index (χ1) is 10.7. The highest BCUT2D eigenvalue weighted by molar-refractivity contribution is 7.99. The van der Waals surface area contributed by atoms with Crippen LogP contribution in [0.5, 0.6) is 0 Å². The van der Waals surface area contributed by atoms with E-state index in [-0.39, 0.29) is 12.4 Å². The van der Waals surface area contributed by atoms with Gasteiger partial charge in [0.2, 0.25) is 6.41 Å². The van der Waals surface area contributed by atoms with Crippen molar-refractivity contribution >= 4 is 48.2 Å². The van der Waals surface area contributed by atoms with Crippen LogP contribution in [-0.2, 0) is 9.59 Å². The molecular weight excluding hydrogens is 332 g/mol. The van der Waals surface area contributed by atoms with Crippen LogP contribution in [0.1, 0.15) is 0 Å². The highest BCUT2D eigenvalue weighted by Crippen LogP contribution is 2.47. The second-order valence-corrected chi connectivity index (χ2v) is 6.21. The van der Waals surface area contributed by atoms with Crippen molar-refractivity contribution in [2.24, 2.45) is 0 Å². The number of benzene rings is 2. The molecule has 1 unspecified atom stereocenters. The maximum Gasteiger partial charge on any atom is 0.210 e. The number of rotatable bonds is 5. The van der Waals surface area contributed by atoms with E-state index in [1.54, 1.807) is 18.8 Å². The van der Waals surface area contributed by atoms with E-state index in [9.17, 15) is 9.59 Å². The van der Waals surface area contributed by atoms with E-state index >= 15 is 0 Å². The second-order valence-electron chi connectivity index (χ2n) is 5.12. The molecule has 0 aliphatic carbocycles. The van der Waals surface area contributed by atoms with Crippen LogP contribution in [0.3, 0.4) is 0 Å². The van der Waals surface area contributed by atoms with Crippen LogP contribution in [0.4, 0.5) is 11.4 Å². The minimum Gasteiger partial charge on any atom is -0.337 e. The van der Waals surface area contributed by atoms with E-state index in [1.165, 1.54) is 4.90 Å². The molecule has 0 saturated carbocycles. The van der Waals surface area contributed by atoms with Gasteiger partial charge in [0.1, 0.15) is 12.3 Å². The molecule has 1 aliphatic rings. The fourth-order valence-electron chi connectivity index (χ4n) is 2.51. The van der Waals surface area contributed by atoms with Gasteiger partial charge in [0, 0.05) is 16.8 Å². The number of likely N-dealkylation sites (N-methyl/N-ethyl adjacent to an activating group) is 1. The van der Waals surface area contributed by atoms with Crippen molar-refractivity contribution in [3.05, 3.63) is 48.5 Å². The molecule has 0 saturated heterocycles. The molecule has 0 radical (unpaired) electrons. The highest BCUT2D eigenvalue weighted by atomic mass is 35.5. The predicted octanol–water partition coefficient (Wildman–Crippen LogP) is 3.37. The van der Waals surface area contributed by atoms with Gasteiger partial charge in [-0.05, 0) is 24.3 Å². The van der Waals surface area contributed by atoms with Gasteiger partial charge < -0.3 is 14.6 Å². The van der Waals surface area contributed by atoms with Crippen LogP contribution in [0.15, 0.2) is 58.3 Å². The topological polar surface area (TPSA) is 40.6 Å². The summed E-state index contributed by atoms with van der Waals surface area (Å²) in [6, 6.07) is 15.7. The molecule has 0 N–H and O–H groups in total. The maximum absolute atomic E-state index is 11.4. The number of carbonyl (C=O) groups excluding carboxylic acids is 2. The van der Waals surface area contributed by atoms with Crippen molar-refractivity contribution in [1.82, 2.24) is 4.90 Å². The number of nitrogens with zero attached hydrogens (tertiary/aromatic N) is 2. The number of para-hydroxylation sites is 2. The van der Waals surface area contributed by atoms with Gasteiger partial charge in [-0.1, -0.05) is 36.0 Å². The van der Waals surface area contributed by atoms with Crippen LogP contribution in [0, 0.1) is 0 Å². The Morgan fingerprint density at radius 2 is 1.57 bits per heavy atom. The number of halogens is 1. The third-order valence-electron chi connectivity index (χ3n) is 3.75. The SMILES string of the molecule is CN(C=O)C(C=O)CN1c2ccccc2Sc2ccccc21.Cl. The maximum atomic E-state index is 11.4. The van der Waals surface area contributed by atoms with E-state index in [2.05, 4.69) is 17.0 Å². The van der Waals surface area contributed by atoms with E-state index in [1.807, 2.05) is 36.4 Å². The largest absolute Gasteiger partial charge is 0.337 e. The van der Waals surface area contributed by atoms with Crippen LogP contribution in [0.25, 0.3) is 0 Å². The first-order valence-corrected chi connectivity index (χ1v) is 7.82. The number of hydrogen-bond acceptors (Lipinski definition) is 4. The summed E-state index contributed by atoms with van der Waals surface area (Å²) in [5.74, 6) is 0. The molecule has 0 fully saturated rings. The highest BCUT2D eigenvalue weighted by Gasteiger charge is 2.26. The average Bonchev–Trinajstić information content (AvgIpc) is 2.58. The summed E-state index contributed by atoms with van der Waals surface area (Å²) in [7, 11) is 1.63. The lowest BCUT2D eigenvalue weighted by atomic mass is 10.2. The van der Waals surface area contributed by atoms with Gasteiger partial charge in [-0.3, -0.25) is 4.79 Å². The van der Waals surface area contributed by atoms with Crippen molar-refractivity contribution in [3.63, 3.8) is 0 Å². The number of fused-ring (bicyclic) bond motifs is 2. The van der Waals surface area contributed by atoms with Gasteiger partial charge in [-0.25, -0.2) is 0 Å². The second kappa shape index (κ2) is 7.53. The minimum atomic E-state index is -0.485. The molecule has 120 valence electrons. The van der Waals surface area contributed by atoms with Crippen molar-refractivity contribution in [1.29, 1.82) is 0 Å². The van der Waals surface area contributed by atoms with Crippen LogP contribution < -0.4 is 4.90 Å². The molecule has 2 aromatic rings. The molecule has 3 rings (SSSR count). The molecule has 0 spiro atoms. The summed E-state index contributed by atoms with van der Waals surface area (Å²) in [6.45, 7) is 0.438. The summed E-state index contributed by atoms with van der Waals surface area (Å²) in [4.78, 5) is 28.2. The van der Waals surface area contributed by atoms with Gasteiger partial charge in [-0.2, -0.15) is 0 Å². The predicted molar refractivity (Wildman–Crippen MR) is 94.9 cm³/mol. The Hall–Kier alpha value is -1.98. The summed E-state index contributed by atoms with van der Waals surface area (Å²) < 4.78 is 0. The van der Waals surface area contributed by atoms with Crippen molar-refractivity contribution in [2.75, 3.05) is 18.5 Å². The van der Waals surface area contributed by atoms with Crippen molar-refractivity contribution in [3.8, 4) is 0 Å². The zero-order valence-corrected chi connectivity index (χ0v) is 14.2. The Balaban J connectivity index is 0.00000192. The van der Waals surface area contributed by atoms with E-state index in [4.69, 9.17) is 0 Å². The Kier molecular flexibility index (Phi) is 5.69. The first kappa shape index (κ1) is 17.4. The van der Waals surface area contributed by atoms with Crippen molar-refractivity contribution < 1.29 is 9.59 Å². The van der Waals surface area contributed by atoms with Crippen LogP contribution in [-0.4, -0.2) is 37.2 Å². The quantitative estimate of drug-likeness (QED) is 0.777. The van der Waals surface area contributed by atoms with Gasteiger partial charge >= 0.3 is 0 Å². The summed E-state index contributed by atoms with van der Waals surface area (Å²) in [5.41, 5.74) is 2.13. The number of anilines is 2. The number of hydrogen-bond donors (Lipinski definition) is 0. The third-order valence-corrected chi connectivity index (χ3v) is 4.88. The first-order valence-electron chi connectivity index (χ1n) is 7.00. The molecule has 0 aromatic heterocycles. The molecular formula is C17H17ClN2O2S. The molecule has 6 heteroatoms. The van der Waals surface area contributed by atoms with Crippen molar-refractivity contribution in [2.45, 2.75) is 15.8 Å². The normalized spacial score (nSPS) is 13.2. The Morgan fingerprint density at radius 1 is 1.04 bits per heavy atom. The smallest absolute Gasteiger partial charge is 0.210 e. The summed E-state index contributed by atoms with van der Waals surface area (Å²) in [5, 5.41) is 0. The van der Waals surface area contributed by atoms with Crippen LogP contribution >= 0.6 is 24.2 Å². The zero-order valence-electron chi connectivity index (χ0n) is 12.6. The molecule has 2 aromatic carbocycles.